The van der Waals surface area contributed by atoms with E-state index in [1.807, 2.05) is 73.7 Å². The number of carbonyl (C=O) groups excluding carboxylic acids is 1. The Labute approximate surface area is 156 Å². The molecule has 0 atom stereocenters. The largest absolute Gasteiger partial charge is 0.382 e. The number of urea groups is 1. The van der Waals surface area contributed by atoms with Gasteiger partial charge in [-0.15, -0.1) is 0 Å². The van der Waals surface area contributed by atoms with Crippen molar-refractivity contribution < 1.29 is 4.79 Å². The van der Waals surface area contributed by atoms with E-state index in [9.17, 15) is 4.79 Å². The van der Waals surface area contributed by atoms with Crippen molar-refractivity contribution in [3.05, 3.63) is 72.3 Å². The molecule has 0 saturated heterocycles. The van der Waals surface area contributed by atoms with Crippen LogP contribution in [0.2, 0.25) is 0 Å². The van der Waals surface area contributed by atoms with E-state index in [0.717, 1.165) is 33.3 Å². The first-order valence-electron chi connectivity index (χ1n) is 8.54. The average molecular weight is 357 g/mol. The Balaban J connectivity index is 1.76. The zero-order valence-corrected chi connectivity index (χ0v) is 14.8. The predicted octanol–water partition coefficient (Wildman–Crippen LogP) is 4.34. The second kappa shape index (κ2) is 6.49. The molecule has 0 aliphatic rings. The summed E-state index contributed by atoms with van der Waals surface area (Å²) in [5.41, 5.74) is 17.0. The number of nitrogen functional groups attached to an aromatic ring is 1. The molecule has 2 amide bonds. The molecular formula is C21H19N5O. The van der Waals surface area contributed by atoms with Crippen LogP contribution in [0.5, 0.6) is 0 Å². The first-order valence-corrected chi connectivity index (χ1v) is 8.54. The van der Waals surface area contributed by atoms with Crippen LogP contribution in [0, 0.1) is 6.92 Å². The third-order valence-corrected chi connectivity index (χ3v) is 4.53. The summed E-state index contributed by atoms with van der Waals surface area (Å²) in [7, 11) is 0. The molecule has 4 rings (SSSR count). The molecule has 0 bridgehead atoms. The number of amides is 2. The van der Waals surface area contributed by atoms with Gasteiger partial charge in [0.1, 0.15) is 0 Å². The van der Waals surface area contributed by atoms with Crippen molar-refractivity contribution in [3.8, 4) is 11.1 Å². The van der Waals surface area contributed by atoms with E-state index in [0.29, 0.717) is 11.5 Å². The van der Waals surface area contributed by atoms with Gasteiger partial charge in [-0.05, 0) is 53.9 Å². The number of rotatable bonds is 3. The van der Waals surface area contributed by atoms with Gasteiger partial charge in [0.2, 0.25) is 0 Å². The number of primary amides is 1. The molecule has 1 aromatic heterocycles. The number of anilines is 3. The van der Waals surface area contributed by atoms with Crippen molar-refractivity contribution in [3.63, 3.8) is 0 Å². The second-order valence-corrected chi connectivity index (χ2v) is 6.40. The van der Waals surface area contributed by atoms with E-state index in [1.165, 1.54) is 4.90 Å². The lowest BCUT2D eigenvalue weighted by atomic mass is 10.0. The SMILES string of the molecule is Cc1cccc(N(C(N)=O)c2ccc(-c3cccc4[nH]nc(N)c34)cc2)c1. The lowest BCUT2D eigenvalue weighted by molar-refractivity contribution is 0.256. The highest BCUT2D eigenvalue weighted by Gasteiger charge is 2.16. The smallest absolute Gasteiger partial charge is 0.323 e. The summed E-state index contributed by atoms with van der Waals surface area (Å²) in [5.74, 6) is 0.461. The highest BCUT2D eigenvalue weighted by Crippen LogP contribution is 2.33. The summed E-state index contributed by atoms with van der Waals surface area (Å²) in [4.78, 5) is 13.6. The average Bonchev–Trinajstić information content (AvgIpc) is 3.04. The fraction of sp³-hybridized carbons (Fsp3) is 0.0476. The van der Waals surface area contributed by atoms with Crippen LogP contribution in [0.1, 0.15) is 5.56 Å². The Bertz CT molecular complexity index is 1130. The fourth-order valence-corrected chi connectivity index (χ4v) is 3.30. The number of benzene rings is 3. The summed E-state index contributed by atoms with van der Waals surface area (Å²) in [5, 5.41) is 7.89. The van der Waals surface area contributed by atoms with Gasteiger partial charge in [-0.3, -0.25) is 10.00 Å². The van der Waals surface area contributed by atoms with Crippen LogP contribution >= 0.6 is 0 Å². The van der Waals surface area contributed by atoms with E-state index >= 15 is 0 Å². The number of nitrogens with one attached hydrogen (secondary N) is 1. The highest BCUT2D eigenvalue weighted by atomic mass is 16.2. The van der Waals surface area contributed by atoms with Crippen LogP contribution in [0.15, 0.2) is 66.7 Å². The molecule has 5 N–H and O–H groups in total. The van der Waals surface area contributed by atoms with E-state index in [4.69, 9.17) is 11.5 Å². The molecule has 0 fully saturated rings. The molecular weight excluding hydrogens is 338 g/mol. The molecule has 6 nitrogen and oxygen atoms in total. The zero-order chi connectivity index (χ0) is 19.0. The first kappa shape index (κ1) is 16.7. The van der Waals surface area contributed by atoms with E-state index < -0.39 is 6.03 Å². The Hall–Kier alpha value is -3.80. The van der Waals surface area contributed by atoms with E-state index in [-0.39, 0.29) is 0 Å². The summed E-state index contributed by atoms with van der Waals surface area (Å²) < 4.78 is 0. The summed E-state index contributed by atoms with van der Waals surface area (Å²) in [6.07, 6.45) is 0. The lowest BCUT2D eigenvalue weighted by Gasteiger charge is -2.21. The standard InChI is InChI=1S/C21H19N5O/c1-13-4-2-5-16(12-13)26(21(23)27)15-10-8-14(9-11-15)17-6-3-7-18-19(17)20(22)25-24-18/h2-12H,1H3,(H2,23,27)(H3,22,24,25). The fourth-order valence-electron chi connectivity index (χ4n) is 3.30. The molecule has 27 heavy (non-hydrogen) atoms. The first-order chi connectivity index (χ1) is 13.0. The number of aromatic amines is 1. The molecule has 0 radical (unpaired) electrons. The monoisotopic (exact) mass is 357 g/mol. The molecule has 6 heteroatoms. The number of hydrogen-bond donors (Lipinski definition) is 3. The number of aromatic nitrogens is 2. The number of nitrogens with zero attached hydrogens (tertiary/aromatic N) is 2. The number of carbonyl (C=O) groups is 1. The second-order valence-electron chi connectivity index (χ2n) is 6.40. The van der Waals surface area contributed by atoms with Crippen molar-refractivity contribution in [2.75, 3.05) is 10.6 Å². The third kappa shape index (κ3) is 2.97. The van der Waals surface area contributed by atoms with E-state index in [1.54, 1.807) is 0 Å². The quantitative estimate of drug-likeness (QED) is 0.508. The van der Waals surface area contributed by atoms with Gasteiger partial charge in [-0.1, -0.05) is 36.4 Å². The number of aryl methyl sites for hydroxylation is 1. The maximum absolute atomic E-state index is 12.1. The van der Waals surface area contributed by atoms with Crippen LogP contribution in [0.3, 0.4) is 0 Å². The van der Waals surface area contributed by atoms with Crippen molar-refractivity contribution in [1.82, 2.24) is 10.2 Å². The van der Waals surface area contributed by atoms with Gasteiger partial charge in [0.15, 0.2) is 5.82 Å². The van der Waals surface area contributed by atoms with Gasteiger partial charge in [0, 0.05) is 0 Å². The summed E-state index contributed by atoms with van der Waals surface area (Å²) in [6, 6.07) is 20.6. The minimum Gasteiger partial charge on any atom is -0.382 e. The molecule has 0 spiro atoms. The normalized spacial score (nSPS) is 10.9. The van der Waals surface area contributed by atoms with Crippen molar-refractivity contribution in [2.24, 2.45) is 5.73 Å². The van der Waals surface area contributed by atoms with Gasteiger partial charge in [-0.25, -0.2) is 4.79 Å². The highest BCUT2D eigenvalue weighted by molar-refractivity contribution is 6.02. The third-order valence-electron chi connectivity index (χ3n) is 4.53. The van der Waals surface area contributed by atoms with Crippen LogP contribution in [-0.4, -0.2) is 16.2 Å². The maximum Gasteiger partial charge on any atom is 0.323 e. The van der Waals surface area contributed by atoms with Crippen molar-refractivity contribution in [1.29, 1.82) is 0 Å². The Morgan fingerprint density at radius 1 is 1.00 bits per heavy atom. The van der Waals surface area contributed by atoms with Gasteiger partial charge in [0.05, 0.1) is 22.3 Å². The molecule has 4 aromatic rings. The van der Waals surface area contributed by atoms with Gasteiger partial charge in [0.25, 0.3) is 0 Å². The Morgan fingerprint density at radius 3 is 2.44 bits per heavy atom. The van der Waals surface area contributed by atoms with Gasteiger partial charge >= 0.3 is 6.03 Å². The van der Waals surface area contributed by atoms with Crippen LogP contribution in [-0.2, 0) is 0 Å². The van der Waals surface area contributed by atoms with Crippen LogP contribution < -0.4 is 16.4 Å². The van der Waals surface area contributed by atoms with Gasteiger partial charge < -0.3 is 11.5 Å². The topological polar surface area (TPSA) is 101 Å². The van der Waals surface area contributed by atoms with Crippen molar-refractivity contribution in [2.45, 2.75) is 6.92 Å². The molecule has 134 valence electrons. The van der Waals surface area contributed by atoms with Crippen molar-refractivity contribution >= 4 is 34.1 Å². The minimum absolute atomic E-state index is 0.461. The van der Waals surface area contributed by atoms with E-state index in [2.05, 4.69) is 10.2 Å². The molecule has 0 saturated carbocycles. The molecule has 0 unspecified atom stereocenters. The molecule has 0 aliphatic heterocycles. The Kier molecular flexibility index (Phi) is 4.01. The number of fused-ring (bicyclic) bond motifs is 1. The maximum atomic E-state index is 12.1. The zero-order valence-electron chi connectivity index (χ0n) is 14.8. The number of nitrogens with two attached hydrogens (primary N) is 2. The molecule has 0 aliphatic carbocycles. The van der Waals surface area contributed by atoms with Gasteiger partial charge in [-0.2, -0.15) is 5.10 Å². The number of H-pyrrole nitrogens is 1. The Morgan fingerprint density at radius 2 is 1.74 bits per heavy atom. The number of hydrogen-bond acceptors (Lipinski definition) is 3. The predicted molar refractivity (Wildman–Crippen MR) is 109 cm³/mol. The molecule has 1 heterocycles. The molecule has 3 aromatic carbocycles. The summed E-state index contributed by atoms with van der Waals surface area (Å²) >= 11 is 0. The minimum atomic E-state index is -0.533. The summed E-state index contributed by atoms with van der Waals surface area (Å²) in [6.45, 7) is 1.97. The lowest BCUT2D eigenvalue weighted by Crippen LogP contribution is -2.31. The van der Waals surface area contributed by atoms with Crippen LogP contribution in [0.25, 0.3) is 22.0 Å². The van der Waals surface area contributed by atoms with Crippen LogP contribution in [0.4, 0.5) is 22.0 Å².